The van der Waals surface area contributed by atoms with Crippen molar-refractivity contribution in [3.05, 3.63) is 53.1 Å². The summed E-state index contributed by atoms with van der Waals surface area (Å²) < 4.78 is 10.9. The molecule has 0 radical (unpaired) electrons. The molecule has 0 aliphatic carbocycles. The van der Waals surface area contributed by atoms with Gasteiger partial charge in [0.25, 0.3) is 5.91 Å². The standard InChI is InChI=1S/C20H23ClN2O3/c1-3-26-19-13-15(7-8-18(19)25-2)20(24)23-11-9-22(10-12-23)17-6-4-5-16(21)14-17/h4-8,13-14H,3,9-12H2,1-2H3. The predicted molar refractivity (Wildman–Crippen MR) is 104 cm³/mol. The number of halogens is 1. The Morgan fingerprint density at radius 1 is 1.08 bits per heavy atom. The Bertz CT molecular complexity index is 773. The van der Waals surface area contributed by atoms with Gasteiger partial charge in [0.05, 0.1) is 13.7 Å². The lowest BCUT2D eigenvalue weighted by atomic mass is 10.1. The highest BCUT2D eigenvalue weighted by molar-refractivity contribution is 6.30. The Kier molecular flexibility index (Phi) is 5.89. The van der Waals surface area contributed by atoms with Crippen molar-refractivity contribution in [3.63, 3.8) is 0 Å². The lowest BCUT2D eigenvalue weighted by Gasteiger charge is -2.36. The minimum absolute atomic E-state index is 0.0133. The first-order chi connectivity index (χ1) is 12.6. The zero-order valence-corrected chi connectivity index (χ0v) is 15.8. The van der Waals surface area contributed by atoms with Gasteiger partial charge >= 0.3 is 0 Å². The van der Waals surface area contributed by atoms with Crippen LogP contribution in [0.5, 0.6) is 11.5 Å². The van der Waals surface area contributed by atoms with Crippen LogP contribution in [0.4, 0.5) is 5.69 Å². The summed E-state index contributed by atoms with van der Waals surface area (Å²) >= 11 is 6.08. The molecule has 1 amide bonds. The molecule has 1 fully saturated rings. The summed E-state index contributed by atoms with van der Waals surface area (Å²) in [5.74, 6) is 1.24. The minimum atomic E-state index is 0.0133. The molecule has 0 atom stereocenters. The molecule has 5 nitrogen and oxygen atoms in total. The van der Waals surface area contributed by atoms with Crippen LogP contribution >= 0.6 is 11.6 Å². The Hall–Kier alpha value is -2.40. The first-order valence-corrected chi connectivity index (χ1v) is 9.10. The maximum Gasteiger partial charge on any atom is 0.254 e. The molecule has 1 aliphatic heterocycles. The minimum Gasteiger partial charge on any atom is -0.493 e. The number of hydrogen-bond donors (Lipinski definition) is 0. The number of piperazine rings is 1. The average Bonchev–Trinajstić information content (AvgIpc) is 2.68. The van der Waals surface area contributed by atoms with Crippen molar-refractivity contribution in [2.45, 2.75) is 6.92 Å². The van der Waals surface area contributed by atoms with E-state index in [0.717, 1.165) is 23.8 Å². The number of amides is 1. The molecule has 0 aromatic heterocycles. The molecule has 0 unspecified atom stereocenters. The third-order valence-corrected chi connectivity index (χ3v) is 4.69. The molecule has 2 aromatic rings. The van der Waals surface area contributed by atoms with E-state index in [9.17, 15) is 4.79 Å². The topological polar surface area (TPSA) is 42.0 Å². The van der Waals surface area contributed by atoms with Gasteiger partial charge in [-0.3, -0.25) is 4.79 Å². The van der Waals surface area contributed by atoms with Gasteiger partial charge in [0, 0.05) is 42.5 Å². The van der Waals surface area contributed by atoms with E-state index in [0.29, 0.717) is 36.8 Å². The summed E-state index contributed by atoms with van der Waals surface area (Å²) in [5, 5.41) is 0.725. The molecule has 26 heavy (non-hydrogen) atoms. The number of carbonyl (C=O) groups excluding carboxylic acids is 1. The number of nitrogens with zero attached hydrogens (tertiary/aromatic N) is 2. The molecular formula is C20H23ClN2O3. The second-order valence-corrected chi connectivity index (χ2v) is 6.49. The number of anilines is 1. The molecule has 0 N–H and O–H groups in total. The first-order valence-electron chi connectivity index (χ1n) is 8.73. The smallest absolute Gasteiger partial charge is 0.254 e. The van der Waals surface area contributed by atoms with Crippen molar-refractivity contribution in [2.24, 2.45) is 0 Å². The highest BCUT2D eigenvalue weighted by atomic mass is 35.5. The van der Waals surface area contributed by atoms with E-state index in [-0.39, 0.29) is 5.91 Å². The first kappa shape index (κ1) is 18.4. The Morgan fingerprint density at radius 2 is 1.85 bits per heavy atom. The van der Waals surface area contributed by atoms with Crippen molar-refractivity contribution in [2.75, 3.05) is 44.8 Å². The van der Waals surface area contributed by atoms with Crippen molar-refractivity contribution >= 4 is 23.2 Å². The number of rotatable bonds is 5. The fourth-order valence-corrected chi connectivity index (χ4v) is 3.29. The SMILES string of the molecule is CCOc1cc(C(=O)N2CCN(c3cccc(Cl)c3)CC2)ccc1OC. The lowest BCUT2D eigenvalue weighted by molar-refractivity contribution is 0.0746. The highest BCUT2D eigenvalue weighted by Crippen LogP contribution is 2.29. The quantitative estimate of drug-likeness (QED) is 0.800. The lowest BCUT2D eigenvalue weighted by Crippen LogP contribution is -2.48. The van der Waals surface area contributed by atoms with Crippen LogP contribution < -0.4 is 14.4 Å². The molecule has 2 aromatic carbocycles. The van der Waals surface area contributed by atoms with E-state index in [1.165, 1.54) is 0 Å². The molecule has 0 saturated carbocycles. The number of benzene rings is 2. The van der Waals surface area contributed by atoms with E-state index in [1.54, 1.807) is 25.3 Å². The van der Waals surface area contributed by atoms with Crippen LogP contribution in [0.3, 0.4) is 0 Å². The van der Waals surface area contributed by atoms with E-state index in [1.807, 2.05) is 36.1 Å². The predicted octanol–water partition coefficient (Wildman–Crippen LogP) is 3.71. The van der Waals surface area contributed by atoms with Crippen LogP contribution in [0.1, 0.15) is 17.3 Å². The van der Waals surface area contributed by atoms with Gasteiger partial charge < -0.3 is 19.3 Å². The second-order valence-electron chi connectivity index (χ2n) is 6.06. The zero-order chi connectivity index (χ0) is 18.5. The molecule has 0 bridgehead atoms. The molecule has 1 aliphatic rings. The van der Waals surface area contributed by atoms with E-state index in [4.69, 9.17) is 21.1 Å². The van der Waals surface area contributed by atoms with Gasteiger partial charge in [-0.05, 0) is 43.3 Å². The summed E-state index contributed by atoms with van der Waals surface area (Å²) in [6.07, 6.45) is 0. The monoisotopic (exact) mass is 374 g/mol. The van der Waals surface area contributed by atoms with Gasteiger partial charge in [-0.15, -0.1) is 0 Å². The molecule has 0 spiro atoms. The van der Waals surface area contributed by atoms with Crippen molar-refractivity contribution < 1.29 is 14.3 Å². The van der Waals surface area contributed by atoms with Gasteiger partial charge in [0.15, 0.2) is 11.5 Å². The van der Waals surface area contributed by atoms with Crippen LogP contribution in [0, 0.1) is 0 Å². The van der Waals surface area contributed by atoms with Gasteiger partial charge in [-0.2, -0.15) is 0 Å². The fraction of sp³-hybridized carbons (Fsp3) is 0.350. The largest absolute Gasteiger partial charge is 0.493 e. The second kappa shape index (κ2) is 8.32. The van der Waals surface area contributed by atoms with Crippen molar-refractivity contribution in [3.8, 4) is 11.5 Å². The summed E-state index contributed by atoms with van der Waals surface area (Å²) in [4.78, 5) is 17.0. The Morgan fingerprint density at radius 3 is 2.50 bits per heavy atom. The molecule has 6 heteroatoms. The summed E-state index contributed by atoms with van der Waals surface area (Å²) in [6.45, 7) is 5.32. The maximum absolute atomic E-state index is 12.8. The Labute approximate surface area is 159 Å². The van der Waals surface area contributed by atoms with Crippen LogP contribution in [0.15, 0.2) is 42.5 Å². The van der Waals surface area contributed by atoms with Crippen LogP contribution in [-0.2, 0) is 0 Å². The molecule has 1 heterocycles. The van der Waals surface area contributed by atoms with E-state index >= 15 is 0 Å². The molecule has 3 rings (SSSR count). The zero-order valence-electron chi connectivity index (χ0n) is 15.1. The molecule has 1 saturated heterocycles. The summed E-state index contributed by atoms with van der Waals surface area (Å²) in [6, 6.07) is 13.1. The highest BCUT2D eigenvalue weighted by Gasteiger charge is 2.23. The number of methoxy groups -OCH3 is 1. The fourth-order valence-electron chi connectivity index (χ4n) is 3.10. The van der Waals surface area contributed by atoms with Crippen LogP contribution in [0.25, 0.3) is 0 Å². The van der Waals surface area contributed by atoms with E-state index < -0.39 is 0 Å². The molecule has 138 valence electrons. The Balaban J connectivity index is 1.67. The number of hydrogen-bond acceptors (Lipinski definition) is 4. The van der Waals surface area contributed by atoms with Gasteiger partial charge in [-0.1, -0.05) is 17.7 Å². The van der Waals surface area contributed by atoms with Gasteiger partial charge in [0.2, 0.25) is 0 Å². The molecular weight excluding hydrogens is 352 g/mol. The number of ether oxygens (including phenoxy) is 2. The van der Waals surface area contributed by atoms with Crippen LogP contribution in [-0.4, -0.2) is 50.7 Å². The third kappa shape index (κ3) is 4.05. The number of carbonyl (C=O) groups is 1. The van der Waals surface area contributed by atoms with Crippen molar-refractivity contribution in [1.82, 2.24) is 4.90 Å². The maximum atomic E-state index is 12.8. The van der Waals surface area contributed by atoms with Crippen LogP contribution in [0.2, 0.25) is 5.02 Å². The normalized spacial score (nSPS) is 14.3. The van der Waals surface area contributed by atoms with E-state index in [2.05, 4.69) is 4.90 Å². The van der Waals surface area contributed by atoms with Gasteiger partial charge in [0.1, 0.15) is 0 Å². The van der Waals surface area contributed by atoms with Crippen molar-refractivity contribution in [1.29, 1.82) is 0 Å². The van der Waals surface area contributed by atoms with Gasteiger partial charge in [-0.25, -0.2) is 0 Å². The third-order valence-electron chi connectivity index (χ3n) is 4.45. The summed E-state index contributed by atoms with van der Waals surface area (Å²) in [5.41, 5.74) is 1.71. The average molecular weight is 375 g/mol. The summed E-state index contributed by atoms with van der Waals surface area (Å²) in [7, 11) is 1.59.